The van der Waals surface area contributed by atoms with Crippen LogP contribution in [0.15, 0.2) is 6.33 Å². The molecule has 0 bridgehead atoms. The van der Waals surface area contributed by atoms with Crippen molar-refractivity contribution in [3.05, 3.63) is 6.33 Å². The number of carbonyl (C=O) groups is 1. The molecule has 1 N–H and O–H groups in total. The minimum Gasteiger partial charge on any atom is -0.351 e. The van der Waals surface area contributed by atoms with Crippen molar-refractivity contribution in [3.8, 4) is 0 Å². The first-order chi connectivity index (χ1) is 12.6. The largest absolute Gasteiger partial charge is 0.351 e. The van der Waals surface area contributed by atoms with Gasteiger partial charge in [0.1, 0.15) is 12.4 Å². The van der Waals surface area contributed by atoms with Gasteiger partial charge in [-0.3, -0.25) is 4.79 Å². The van der Waals surface area contributed by atoms with E-state index in [2.05, 4.69) is 15.4 Å². The number of halogens is 2. The van der Waals surface area contributed by atoms with Gasteiger partial charge in [0.2, 0.25) is 11.9 Å². The predicted molar refractivity (Wildman–Crippen MR) is 93.0 cm³/mol. The van der Waals surface area contributed by atoms with E-state index in [0.29, 0.717) is 18.3 Å². The Bertz CT molecular complexity index is 623. The van der Waals surface area contributed by atoms with Gasteiger partial charge < -0.3 is 10.2 Å². The number of aromatic nitrogens is 3. The number of anilines is 1. The molecular weight excluding hydrogens is 340 g/mol. The Morgan fingerprint density at radius 2 is 1.88 bits per heavy atom. The zero-order chi connectivity index (χ0) is 18.1. The van der Waals surface area contributed by atoms with Crippen molar-refractivity contribution in [1.82, 2.24) is 19.7 Å². The van der Waals surface area contributed by atoms with Gasteiger partial charge in [-0.2, -0.15) is 10.1 Å². The van der Waals surface area contributed by atoms with Gasteiger partial charge in [-0.25, -0.2) is 13.5 Å². The van der Waals surface area contributed by atoms with Gasteiger partial charge in [0.25, 0.3) is 6.43 Å². The van der Waals surface area contributed by atoms with Crippen molar-refractivity contribution < 1.29 is 13.6 Å². The first kappa shape index (κ1) is 17.7. The minimum atomic E-state index is -2.45. The molecule has 8 heteroatoms. The van der Waals surface area contributed by atoms with Gasteiger partial charge >= 0.3 is 0 Å². The van der Waals surface area contributed by atoms with Crippen molar-refractivity contribution in [2.75, 3.05) is 18.4 Å². The van der Waals surface area contributed by atoms with Crippen LogP contribution in [0.5, 0.6) is 0 Å². The lowest BCUT2D eigenvalue weighted by Crippen LogP contribution is -2.47. The van der Waals surface area contributed by atoms with Crippen molar-refractivity contribution in [2.24, 2.45) is 11.8 Å². The standard InChI is InChI=1S/C18H27F2N5O/c19-16(20)15-10-14(23-18-21-11-22-25(15)18)12-6-8-24(9-7-12)17(26)13-4-2-1-3-5-13/h11-16H,1-10H2,(H,21,22,23)/t14-,15+/m0/s1. The maximum Gasteiger partial charge on any atom is 0.260 e. The van der Waals surface area contributed by atoms with E-state index in [1.54, 1.807) is 0 Å². The summed E-state index contributed by atoms with van der Waals surface area (Å²) in [6.07, 6.45) is 6.57. The number of alkyl halides is 2. The molecule has 0 spiro atoms. The van der Waals surface area contributed by atoms with Crippen LogP contribution in [-0.4, -0.2) is 51.1 Å². The second kappa shape index (κ2) is 7.48. The second-order valence-corrected chi connectivity index (χ2v) is 7.91. The van der Waals surface area contributed by atoms with Crippen LogP contribution in [0, 0.1) is 11.8 Å². The molecule has 0 unspecified atom stereocenters. The van der Waals surface area contributed by atoms with Gasteiger partial charge in [0.15, 0.2) is 0 Å². The topological polar surface area (TPSA) is 63.1 Å². The average molecular weight is 367 g/mol. The first-order valence-corrected chi connectivity index (χ1v) is 9.86. The third-order valence-corrected chi connectivity index (χ3v) is 6.36. The number of carbonyl (C=O) groups excluding carboxylic acids is 1. The molecule has 2 fully saturated rings. The summed E-state index contributed by atoms with van der Waals surface area (Å²) < 4.78 is 28.2. The number of likely N-dealkylation sites (tertiary alicyclic amines) is 1. The Kier molecular flexibility index (Phi) is 5.09. The van der Waals surface area contributed by atoms with Crippen LogP contribution < -0.4 is 5.32 Å². The Labute approximate surface area is 152 Å². The molecule has 1 aromatic heterocycles. The number of nitrogens with one attached hydrogen (secondary N) is 1. The number of rotatable bonds is 3. The molecule has 1 aromatic rings. The van der Waals surface area contributed by atoms with E-state index >= 15 is 0 Å². The fourth-order valence-electron chi connectivity index (χ4n) is 4.83. The highest BCUT2D eigenvalue weighted by Crippen LogP contribution is 2.36. The number of piperidine rings is 1. The molecule has 144 valence electrons. The third kappa shape index (κ3) is 3.42. The quantitative estimate of drug-likeness (QED) is 0.892. The Hall–Kier alpha value is -1.73. The van der Waals surface area contributed by atoms with Crippen LogP contribution in [0.2, 0.25) is 0 Å². The summed E-state index contributed by atoms with van der Waals surface area (Å²) in [5, 5.41) is 7.23. The highest BCUT2D eigenvalue weighted by atomic mass is 19.3. The molecule has 1 saturated heterocycles. The molecular formula is C18H27F2N5O. The summed E-state index contributed by atoms with van der Waals surface area (Å²) in [7, 11) is 0. The average Bonchev–Trinajstić information content (AvgIpc) is 3.16. The summed E-state index contributed by atoms with van der Waals surface area (Å²) in [6, 6.07) is -0.946. The van der Waals surface area contributed by atoms with Gasteiger partial charge in [-0.05, 0) is 38.0 Å². The van der Waals surface area contributed by atoms with Crippen molar-refractivity contribution in [1.29, 1.82) is 0 Å². The fourth-order valence-corrected chi connectivity index (χ4v) is 4.83. The Balaban J connectivity index is 1.35. The molecule has 6 nitrogen and oxygen atoms in total. The molecule has 1 amide bonds. The fraction of sp³-hybridized carbons (Fsp3) is 0.833. The highest BCUT2D eigenvalue weighted by Gasteiger charge is 2.39. The Morgan fingerprint density at radius 3 is 2.58 bits per heavy atom. The molecule has 0 aromatic carbocycles. The third-order valence-electron chi connectivity index (χ3n) is 6.36. The maximum absolute atomic E-state index is 13.4. The lowest BCUT2D eigenvalue weighted by Gasteiger charge is -2.40. The molecule has 1 saturated carbocycles. The van der Waals surface area contributed by atoms with Crippen LogP contribution in [-0.2, 0) is 4.79 Å². The minimum absolute atomic E-state index is 0.0300. The molecule has 2 atom stereocenters. The van der Waals surface area contributed by atoms with E-state index in [9.17, 15) is 13.6 Å². The molecule has 2 aliphatic heterocycles. The van der Waals surface area contributed by atoms with Crippen molar-refractivity contribution >= 4 is 11.9 Å². The summed E-state index contributed by atoms with van der Waals surface area (Å²) >= 11 is 0. The van der Waals surface area contributed by atoms with E-state index in [1.165, 1.54) is 17.4 Å². The van der Waals surface area contributed by atoms with Crippen LogP contribution >= 0.6 is 0 Å². The molecule has 26 heavy (non-hydrogen) atoms. The van der Waals surface area contributed by atoms with Crippen LogP contribution in [0.4, 0.5) is 14.7 Å². The number of hydrogen-bond donors (Lipinski definition) is 1. The summed E-state index contributed by atoms with van der Waals surface area (Å²) in [5.74, 6) is 1.24. The number of nitrogens with zero attached hydrogens (tertiary/aromatic N) is 4. The zero-order valence-electron chi connectivity index (χ0n) is 15.0. The zero-order valence-corrected chi connectivity index (χ0v) is 15.0. The normalized spacial score (nSPS) is 28.0. The van der Waals surface area contributed by atoms with E-state index < -0.39 is 12.5 Å². The SMILES string of the molecule is O=C(C1CCCCC1)N1CCC([C@@H]2C[C@H](C(F)F)n3ncnc3N2)CC1. The van der Waals surface area contributed by atoms with E-state index in [0.717, 1.165) is 51.6 Å². The summed E-state index contributed by atoms with van der Waals surface area (Å²) in [4.78, 5) is 18.8. The van der Waals surface area contributed by atoms with E-state index in [1.807, 2.05) is 4.90 Å². The van der Waals surface area contributed by atoms with Crippen LogP contribution in [0.1, 0.15) is 57.4 Å². The van der Waals surface area contributed by atoms with Gasteiger partial charge in [-0.15, -0.1) is 0 Å². The lowest BCUT2D eigenvalue weighted by atomic mass is 9.83. The Morgan fingerprint density at radius 1 is 1.15 bits per heavy atom. The second-order valence-electron chi connectivity index (χ2n) is 7.91. The van der Waals surface area contributed by atoms with Gasteiger partial charge in [0.05, 0.1) is 0 Å². The van der Waals surface area contributed by atoms with Gasteiger partial charge in [-0.1, -0.05) is 19.3 Å². The van der Waals surface area contributed by atoms with Gasteiger partial charge in [0, 0.05) is 25.0 Å². The van der Waals surface area contributed by atoms with Crippen molar-refractivity contribution in [3.63, 3.8) is 0 Å². The van der Waals surface area contributed by atoms with Crippen LogP contribution in [0.25, 0.3) is 0 Å². The van der Waals surface area contributed by atoms with E-state index in [4.69, 9.17) is 0 Å². The first-order valence-electron chi connectivity index (χ1n) is 9.86. The molecule has 3 aliphatic rings. The molecule has 4 rings (SSSR count). The molecule has 0 radical (unpaired) electrons. The monoisotopic (exact) mass is 367 g/mol. The number of hydrogen-bond acceptors (Lipinski definition) is 4. The summed E-state index contributed by atoms with van der Waals surface area (Å²) in [6.45, 7) is 1.48. The highest BCUT2D eigenvalue weighted by molar-refractivity contribution is 5.79. The lowest BCUT2D eigenvalue weighted by molar-refractivity contribution is -0.138. The van der Waals surface area contributed by atoms with Crippen molar-refractivity contribution in [2.45, 2.75) is 69.9 Å². The number of fused-ring (bicyclic) bond motifs is 1. The smallest absolute Gasteiger partial charge is 0.260 e. The van der Waals surface area contributed by atoms with E-state index in [-0.39, 0.29) is 17.9 Å². The molecule has 3 heterocycles. The molecule has 1 aliphatic carbocycles. The predicted octanol–water partition coefficient (Wildman–Crippen LogP) is 3.09. The maximum atomic E-state index is 13.4. The number of amides is 1. The van der Waals surface area contributed by atoms with Crippen LogP contribution in [0.3, 0.4) is 0 Å². The summed E-state index contributed by atoms with van der Waals surface area (Å²) in [5.41, 5.74) is 0.